The van der Waals surface area contributed by atoms with Crippen LogP contribution in [0, 0.1) is 11.8 Å². The van der Waals surface area contributed by atoms with Gasteiger partial charge < -0.3 is 30.9 Å². The molecule has 6 N–H and O–H groups in total. The van der Waals surface area contributed by atoms with Crippen molar-refractivity contribution in [1.82, 2.24) is 19.5 Å². The number of anilines is 1. The van der Waals surface area contributed by atoms with E-state index in [4.69, 9.17) is 15.6 Å². The van der Waals surface area contributed by atoms with Gasteiger partial charge in [0.1, 0.15) is 43.1 Å². The number of imidazole rings is 1. The molecule has 10 heteroatoms. The maximum atomic E-state index is 10.4. The first-order valence-electron chi connectivity index (χ1n) is 6.75. The molecule has 0 spiro atoms. The molecule has 1 saturated heterocycles. The van der Waals surface area contributed by atoms with Crippen molar-refractivity contribution >= 4 is 17.0 Å². The van der Waals surface area contributed by atoms with Crippen LogP contribution in [0.3, 0.4) is 0 Å². The molecule has 23 heavy (non-hydrogen) atoms. The molecule has 3 heterocycles. The molecule has 0 unspecified atom stereocenters. The van der Waals surface area contributed by atoms with Gasteiger partial charge in [-0.1, -0.05) is 5.92 Å². The summed E-state index contributed by atoms with van der Waals surface area (Å²) in [7, 11) is 0. The average molecular weight is 321 g/mol. The lowest BCUT2D eigenvalue weighted by Gasteiger charge is -2.28. The number of nitrogens with two attached hydrogens (primary N) is 1. The Balaban J connectivity index is 2.22. The number of nitrogens with zero attached hydrogens (tertiary/aromatic N) is 4. The number of fused-ring (bicyclic) bond motifs is 1. The smallest absolute Gasteiger partial charge is 0.241 e. The zero-order chi connectivity index (χ0) is 16.6. The fraction of sp³-hybridized carbons (Fsp3) is 0.462. The molecular weight excluding hydrogens is 306 g/mol. The Kier molecular flexibility index (Phi) is 3.88. The minimum Gasteiger partial charge on any atom is -0.394 e. The lowest BCUT2D eigenvalue weighted by molar-refractivity contribution is -0.103. The molecule has 3 rings (SSSR count). The number of aliphatic hydroxyl groups is 4. The van der Waals surface area contributed by atoms with Gasteiger partial charge in [-0.3, -0.25) is 4.57 Å². The number of aromatic nitrogens is 4. The maximum Gasteiger partial charge on any atom is 0.241 e. The van der Waals surface area contributed by atoms with Gasteiger partial charge in [0.15, 0.2) is 11.5 Å². The molecule has 0 aromatic carbocycles. The third-order valence-corrected chi connectivity index (χ3v) is 3.68. The summed E-state index contributed by atoms with van der Waals surface area (Å²) in [6.45, 7) is -1.01. The van der Waals surface area contributed by atoms with Crippen molar-refractivity contribution in [3.8, 4) is 11.8 Å². The van der Waals surface area contributed by atoms with Crippen molar-refractivity contribution in [1.29, 1.82) is 0 Å². The first-order valence-corrected chi connectivity index (χ1v) is 6.75. The molecule has 0 amide bonds. The summed E-state index contributed by atoms with van der Waals surface area (Å²) < 4.78 is 6.90. The molecule has 0 aliphatic carbocycles. The predicted molar refractivity (Wildman–Crippen MR) is 76.5 cm³/mol. The van der Waals surface area contributed by atoms with E-state index in [1.165, 1.54) is 17.2 Å². The van der Waals surface area contributed by atoms with Crippen LogP contribution in [0.15, 0.2) is 12.7 Å². The van der Waals surface area contributed by atoms with Gasteiger partial charge in [-0.2, -0.15) is 0 Å². The molecule has 0 bridgehead atoms. The van der Waals surface area contributed by atoms with Crippen LogP contribution in [0.25, 0.3) is 11.2 Å². The number of nitrogen functional groups attached to an aromatic ring is 1. The van der Waals surface area contributed by atoms with E-state index in [-0.39, 0.29) is 17.0 Å². The highest BCUT2D eigenvalue weighted by Crippen LogP contribution is 2.37. The summed E-state index contributed by atoms with van der Waals surface area (Å²) in [6, 6.07) is 0. The van der Waals surface area contributed by atoms with Crippen LogP contribution in [-0.4, -0.2) is 71.5 Å². The van der Waals surface area contributed by atoms with E-state index >= 15 is 0 Å². The van der Waals surface area contributed by atoms with Gasteiger partial charge in [0.2, 0.25) is 5.72 Å². The lowest BCUT2D eigenvalue weighted by Crippen LogP contribution is -2.44. The lowest BCUT2D eigenvalue weighted by atomic mass is 10.0. The SMILES string of the molecule is Nc1ncnc2c1ncn2[C@]1(C#CCO)O[C@H](CO)[C@@H](O)[C@H]1O. The van der Waals surface area contributed by atoms with E-state index in [2.05, 4.69) is 26.8 Å². The van der Waals surface area contributed by atoms with Gasteiger partial charge in [-0.25, -0.2) is 15.0 Å². The van der Waals surface area contributed by atoms with Crippen LogP contribution >= 0.6 is 0 Å². The molecule has 2 aromatic rings. The largest absolute Gasteiger partial charge is 0.394 e. The minimum atomic E-state index is -1.77. The molecule has 1 aliphatic rings. The average Bonchev–Trinajstić information content (AvgIpc) is 3.09. The monoisotopic (exact) mass is 321 g/mol. The normalized spacial score (nSPS) is 30.3. The van der Waals surface area contributed by atoms with E-state index in [1.807, 2.05) is 0 Å². The highest BCUT2D eigenvalue weighted by molar-refractivity contribution is 5.81. The summed E-state index contributed by atoms with van der Waals surface area (Å²) in [4.78, 5) is 11.9. The number of aliphatic hydroxyl groups excluding tert-OH is 4. The van der Waals surface area contributed by atoms with Gasteiger partial charge in [0.05, 0.1) is 6.61 Å². The Labute approximate surface area is 130 Å². The van der Waals surface area contributed by atoms with Gasteiger partial charge >= 0.3 is 0 Å². The zero-order valence-electron chi connectivity index (χ0n) is 11.9. The highest BCUT2D eigenvalue weighted by Gasteiger charge is 2.55. The first-order chi connectivity index (χ1) is 11.0. The molecule has 2 aromatic heterocycles. The predicted octanol–water partition coefficient (Wildman–Crippen LogP) is -2.83. The molecule has 122 valence electrons. The van der Waals surface area contributed by atoms with Crippen LogP contribution in [0.2, 0.25) is 0 Å². The quantitative estimate of drug-likeness (QED) is 0.367. The van der Waals surface area contributed by atoms with Gasteiger partial charge in [0, 0.05) is 0 Å². The maximum absolute atomic E-state index is 10.4. The Hall–Kier alpha value is -2.29. The zero-order valence-corrected chi connectivity index (χ0v) is 11.9. The highest BCUT2D eigenvalue weighted by atomic mass is 16.6. The fourth-order valence-corrected chi connectivity index (χ4v) is 2.58. The van der Waals surface area contributed by atoms with Gasteiger partial charge in [-0.05, 0) is 5.92 Å². The minimum absolute atomic E-state index is 0.130. The van der Waals surface area contributed by atoms with E-state index in [1.54, 1.807) is 0 Å². The Morgan fingerprint density at radius 2 is 2.09 bits per heavy atom. The Morgan fingerprint density at radius 1 is 1.30 bits per heavy atom. The van der Waals surface area contributed by atoms with Crippen LogP contribution in [0.1, 0.15) is 0 Å². The number of ether oxygens (including phenoxy) is 1. The molecule has 4 atom stereocenters. The summed E-state index contributed by atoms with van der Waals surface area (Å²) in [6.07, 6.45) is -1.45. The third-order valence-electron chi connectivity index (χ3n) is 3.68. The molecule has 0 radical (unpaired) electrons. The fourth-order valence-electron chi connectivity index (χ4n) is 2.58. The van der Waals surface area contributed by atoms with E-state index in [9.17, 15) is 15.3 Å². The molecule has 1 fully saturated rings. The second-order valence-corrected chi connectivity index (χ2v) is 4.98. The van der Waals surface area contributed by atoms with Crippen LogP contribution in [0.5, 0.6) is 0 Å². The van der Waals surface area contributed by atoms with Crippen LogP contribution in [-0.2, 0) is 10.5 Å². The van der Waals surface area contributed by atoms with Crippen molar-refractivity contribution in [2.45, 2.75) is 24.0 Å². The molecule has 1 aliphatic heterocycles. The van der Waals surface area contributed by atoms with Crippen molar-refractivity contribution < 1.29 is 25.2 Å². The van der Waals surface area contributed by atoms with E-state index < -0.39 is 37.3 Å². The first kappa shape index (κ1) is 15.6. The summed E-state index contributed by atoms with van der Waals surface area (Å²) >= 11 is 0. The standard InChI is InChI=1S/C13H15N5O5/c14-11-8-12(16-5-15-11)18(6-17-8)13(2-1-3-19)10(22)9(21)7(4-20)23-13/h5-7,9-10,19-22H,3-4H2,(H2,14,15,16)/t7-,9-,10-,13-/m1/s1. The number of hydrogen-bond donors (Lipinski definition) is 5. The topological polar surface area (TPSA) is 160 Å². The summed E-state index contributed by atoms with van der Waals surface area (Å²) in [5, 5.41) is 38.8. The molecule has 10 nitrogen and oxygen atoms in total. The molecular formula is C13H15N5O5. The second-order valence-electron chi connectivity index (χ2n) is 4.98. The number of hydrogen-bond acceptors (Lipinski definition) is 9. The Bertz CT molecular complexity index is 784. The van der Waals surface area contributed by atoms with Crippen molar-refractivity contribution in [2.24, 2.45) is 0 Å². The third kappa shape index (κ3) is 2.23. The summed E-state index contributed by atoms with van der Waals surface area (Å²) in [5.41, 5.74) is 4.46. The van der Waals surface area contributed by atoms with Gasteiger partial charge in [0.25, 0.3) is 0 Å². The van der Waals surface area contributed by atoms with Crippen LogP contribution in [0.4, 0.5) is 5.82 Å². The Morgan fingerprint density at radius 3 is 2.74 bits per heavy atom. The second kappa shape index (κ2) is 5.73. The number of rotatable bonds is 2. The van der Waals surface area contributed by atoms with Crippen molar-refractivity contribution in [2.75, 3.05) is 18.9 Å². The molecule has 0 saturated carbocycles. The van der Waals surface area contributed by atoms with Crippen molar-refractivity contribution in [3.63, 3.8) is 0 Å². The van der Waals surface area contributed by atoms with Crippen LogP contribution < -0.4 is 5.73 Å². The van der Waals surface area contributed by atoms with E-state index in [0.29, 0.717) is 0 Å². The van der Waals surface area contributed by atoms with Gasteiger partial charge in [-0.15, -0.1) is 0 Å². The van der Waals surface area contributed by atoms with Crippen molar-refractivity contribution in [3.05, 3.63) is 12.7 Å². The summed E-state index contributed by atoms with van der Waals surface area (Å²) in [5.74, 6) is 5.11. The van der Waals surface area contributed by atoms with E-state index in [0.717, 1.165) is 0 Å².